The third-order valence-corrected chi connectivity index (χ3v) is 7.51. The number of carbonyl (C=O) groups excluding carboxylic acids is 3. The van der Waals surface area contributed by atoms with Gasteiger partial charge < -0.3 is 10.6 Å². The number of benzene rings is 2. The topological polar surface area (TPSA) is 122 Å². The lowest BCUT2D eigenvalue weighted by molar-refractivity contribution is -0.384. The van der Waals surface area contributed by atoms with Gasteiger partial charge in [0.2, 0.25) is 11.8 Å². The number of carbonyl (C=O) groups is 3. The Bertz CT molecular complexity index is 1260. The van der Waals surface area contributed by atoms with E-state index in [1.807, 2.05) is 19.1 Å². The van der Waals surface area contributed by atoms with Crippen LogP contribution in [-0.2, 0) is 9.59 Å². The second-order valence-electron chi connectivity index (χ2n) is 9.16. The summed E-state index contributed by atoms with van der Waals surface area (Å²) in [6.07, 6.45) is 4.93. The van der Waals surface area contributed by atoms with E-state index >= 15 is 0 Å². The maximum Gasteiger partial charge on any atom is 0.293 e. The van der Waals surface area contributed by atoms with Crippen LogP contribution in [0.3, 0.4) is 0 Å². The van der Waals surface area contributed by atoms with Gasteiger partial charge in [-0.2, -0.15) is 0 Å². The van der Waals surface area contributed by atoms with Crippen LogP contribution in [0, 0.1) is 40.7 Å². The zero-order valence-corrected chi connectivity index (χ0v) is 19.6. The van der Waals surface area contributed by atoms with Crippen molar-refractivity contribution in [3.05, 3.63) is 74.8 Å². The van der Waals surface area contributed by atoms with Crippen LogP contribution in [0.25, 0.3) is 0 Å². The van der Waals surface area contributed by atoms with Crippen LogP contribution < -0.4 is 10.6 Å². The number of nitrogens with one attached hydrogen (secondary N) is 2. The van der Waals surface area contributed by atoms with Gasteiger partial charge in [-0.15, -0.1) is 0 Å². The fourth-order valence-corrected chi connectivity index (χ4v) is 5.51. The molecule has 0 unspecified atom stereocenters. The van der Waals surface area contributed by atoms with Gasteiger partial charge >= 0.3 is 0 Å². The van der Waals surface area contributed by atoms with Gasteiger partial charge in [0.1, 0.15) is 5.69 Å². The molecular formula is C25H23ClN4O5. The summed E-state index contributed by atoms with van der Waals surface area (Å²) in [7, 11) is 0. The van der Waals surface area contributed by atoms with E-state index in [0.717, 1.165) is 12.0 Å². The maximum atomic E-state index is 12.8. The van der Waals surface area contributed by atoms with Crippen LogP contribution in [0.5, 0.6) is 0 Å². The number of hydrogen-bond acceptors (Lipinski definition) is 6. The first kappa shape index (κ1) is 23.0. The first-order chi connectivity index (χ1) is 16.7. The highest BCUT2D eigenvalue weighted by atomic mass is 35.5. The van der Waals surface area contributed by atoms with Crippen molar-refractivity contribution < 1.29 is 19.3 Å². The number of nitro benzene ring substituents is 1. The summed E-state index contributed by atoms with van der Waals surface area (Å²) >= 11 is 6.09. The number of anilines is 2. The van der Waals surface area contributed by atoms with E-state index in [1.54, 1.807) is 18.2 Å². The van der Waals surface area contributed by atoms with E-state index in [0.29, 0.717) is 10.7 Å². The summed E-state index contributed by atoms with van der Waals surface area (Å²) in [5.74, 6) is -1.10. The Labute approximate surface area is 206 Å². The molecule has 2 bridgehead atoms. The molecule has 2 aromatic carbocycles. The summed E-state index contributed by atoms with van der Waals surface area (Å²) in [6, 6.07) is 9.17. The van der Waals surface area contributed by atoms with Crippen molar-refractivity contribution in [3.8, 4) is 0 Å². The van der Waals surface area contributed by atoms with Crippen molar-refractivity contribution in [1.82, 2.24) is 4.90 Å². The van der Waals surface area contributed by atoms with Crippen molar-refractivity contribution in [3.63, 3.8) is 0 Å². The number of amides is 3. The van der Waals surface area contributed by atoms with Crippen LogP contribution in [-0.4, -0.2) is 40.6 Å². The van der Waals surface area contributed by atoms with Crippen LogP contribution in [0.15, 0.2) is 48.6 Å². The fourth-order valence-electron chi connectivity index (χ4n) is 5.33. The first-order valence-electron chi connectivity index (χ1n) is 11.4. The number of nitrogens with zero attached hydrogens (tertiary/aromatic N) is 2. The van der Waals surface area contributed by atoms with Crippen molar-refractivity contribution in [2.45, 2.75) is 13.3 Å². The second kappa shape index (κ2) is 8.81. The standard InChI is InChI=1S/C25H23ClN4O5/c1-13-2-6-17(12-18(13)26)28-23(31)16-5-7-19(20(11-16)30(34)35)27-8-9-29-24(32)21-14-3-4-15(10-14)22(21)25(29)33/h2-7,11-12,14-15,21-22,27H,8-10H2,1H3,(H,28,31)/t14-,15-,21+,22+/m0/s1. The number of rotatable bonds is 7. The molecule has 0 aromatic heterocycles. The molecule has 9 nitrogen and oxygen atoms in total. The number of imide groups is 1. The predicted molar refractivity (Wildman–Crippen MR) is 130 cm³/mol. The monoisotopic (exact) mass is 494 g/mol. The predicted octanol–water partition coefficient (Wildman–Crippen LogP) is 4.03. The Kier molecular flexibility index (Phi) is 5.80. The number of halogens is 1. The van der Waals surface area contributed by atoms with E-state index < -0.39 is 10.8 Å². The molecule has 1 heterocycles. The molecule has 35 heavy (non-hydrogen) atoms. The highest BCUT2D eigenvalue weighted by molar-refractivity contribution is 6.31. The fraction of sp³-hybridized carbons (Fsp3) is 0.320. The van der Waals surface area contributed by atoms with Gasteiger partial charge in [0.25, 0.3) is 11.6 Å². The van der Waals surface area contributed by atoms with Crippen molar-refractivity contribution in [1.29, 1.82) is 0 Å². The number of hydrogen-bond donors (Lipinski definition) is 2. The molecule has 0 spiro atoms. The normalized spacial score (nSPS) is 24.1. The third-order valence-electron chi connectivity index (χ3n) is 7.10. The molecule has 2 N–H and O–H groups in total. The van der Waals surface area contributed by atoms with Crippen LogP contribution >= 0.6 is 11.6 Å². The number of aryl methyl sites for hydroxylation is 1. The molecule has 1 aliphatic heterocycles. The number of likely N-dealkylation sites (tertiary alicyclic amines) is 1. The Morgan fingerprint density at radius 3 is 2.43 bits per heavy atom. The minimum absolute atomic E-state index is 0.111. The Balaban J connectivity index is 1.24. The smallest absolute Gasteiger partial charge is 0.293 e. The van der Waals surface area contributed by atoms with Gasteiger partial charge in [0.15, 0.2) is 0 Å². The number of nitro groups is 1. The van der Waals surface area contributed by atoms with Crippen LogP contribution in [0.4, 0.5) is 17.1 Å². The van der Waals surface area contributed by atoms with Gasteiger partial charge in [-0.3, -0.25) is 29.4 Å². The Morgan fingerprint density at radius 1 is 1.11 bits per heavy atom. The zero-order valence-electron chi connectivity index (χ0n) is 18.9. The zero-order chi connectivity index (χ0) is 24.9. The number of fused-ring (bicyclic) bond motifs is 5. The number of allylic oxidation sites excluding steroid dienone is 2. The largest absolute Gasteiger partial charge is 0.378 e. The van der Waals surface area contributed by atoms with Crippen molar-refractivity contribution in [2.75, 3.05) is 23.7 Å². The molecule has 3 amide bonds. The van der Waals surface area contributed by atoms with Gasteiger partial charge in [0.05, 0.1) is 16.8 Å². The molecule has 2 aromatic rings. The maximum absolute atomic E-state index is 12.8. The highest BCUT2D eigenvalue weighted by Gasteiger charge is 2.58. The molecule has 2 fully saturated rings. The van der Waals surface area contributed by atoms with E-state index in [9.17, 15) is 24.5 Å². The van der Waals surface area contributed by atoms with Gasteiger partial charge in [0, 0.05) is 35.4 Å². The Morgan fingerprint density at radius 2 is 1.80 bits per heavy atom. The summed E-state index contributed by atoms with van der Waals surface area (Å²) in [5.41, 5.74) is 1.37. The molecule has 3 aliphatic rings. The average molecular weight is 495 g/mol. The first-order valence-corrected chi connectivity index (χ1v) is 11.8. The summed E-state index contributed by atoms with van der Waals surface area (Å²) in [5, 5.41) is 17.8. The van der Waals surface area contributed by atoms with Gasteiger partial charge in [-0.1, -0.05) is 29.8 Å². The van der Waals surface area contributed by atoms with E-state index in [-0.39, 0.29) is 65.5 Å². The lowest BCUT2D eigenvalue weighted by atomic mass is 9.85. The molecule has 5 rings (SSSR count). The Hall–Kier alpha value is -3.72. The molecule has 1 saturated carbocycles. The minimum Gasteiger partial charge on any atom is -0.378 e. The minimum atomic E-state index is -0.582. The van der Waals surface area contributed by atoms with Crippen LogP contribution in [0.2, 0.25) is 5.02 Å². The molecule has 1 saturated heterocycles. The molecule has 180 valence electrons. The van der Waals surface area contributed by atoms with E-state index in [2.05, 4.69) is 10.6 Å². The van der Waals surface area contributed by atoms with Gasteiger partial charge in [-0.05, 0) is 55.0 Å². The lowest BCUT2D eigenvalue weighted by Gasteiger charge is -2.18. The van der Waals surface area contributed by atoms with Crippen LogP contribution in [0.1, 0.15) is 22.3 Å². The summed E-state index contributed by atoms with van der Waals surface area (Å²) in [6.45, 7) is 2.12. The quantitative estimate of drug-likeness (QED) is 0.259. The van der Waals surface area contributed by atoms with Crippen molar-refractivity contribution in [2.24, 2.45) is 23.7 Å². The molecule has 0 radical (unpaired) electrons. The molecule has 4 atom stereocenters. The van der Waals surface area contributed by atoms with Gasteiger partial charge in [-0.25, -0.2) is 0 Å². The third kappa shape index (κ3) is 4.05. The second-order valence-corrected chi connectivity index (χ2v) is 9.57. The molecule has 2 aliphatic carbocycles. The average Bonchev–Trinajstić information content (AvgIpc) is 3.51. The molecular weight excluding hydrogens is 472 g/mol. The molecule has 10 heteroatoms. The SMILES string of the molecule is Cc1ccc(NC(=O)c2ccc(NCCN3C(=O)[C@H]4[C@H](C3=O)[C@H]3C=C[C@H]4C3)c([N+](=O)[O-])c2)cc1Cl. The van der Waals surface area contributed by atoms with E-state index in [4.69, 9.17) is 11.6 Å². The van der Waals surface area contributed by atoms with E-state index in [1.165, 1.54) is 23.1 Å². The summed E-state index contributed by atoms with van der Waals surface area (Å²) in [4.78, 5) is 50.6. The van der Waals surface area contributed by atoms with Crippen molar-refractivity contribution >= 4 is 46.4 Å². The highest BCUT2D eigenvalue weighted by Crippen LogP contribution is 2.52. The lowest BCUT2D eigenvalue weighted by Crippen LogP contribution is -2.36. The summed E-state index contributed by atoms with van der Waals surface area (Å²) < 4.78 is 0.